The first kappa shape index (κ1) is 16.0. The fourth-order valence-corrected chi connectivity index (χ4v) is 1.47. The Morgan fingerprint density at radius 3 is 2.30 bits per heavy atom. The maximum Gasteiger partial charge on any atom is 0.336 e. The van der Waals surface area contributed by atoms with Crippen LogP contribution in [0.1, 0.15) is 34.6 Å². The van der Waals surface area contributed by atoms with E-state index in [0.717, 1.165) is 0 Å². The molecule has 7 heteroatoms. The SMILES string of the molecule is CC(C)OCCNC(=O)c1cc(F)c(F)cc1C(=O)O. The van der Waals surface area contributed by atoms with Crippen LogP contribution in [0.5, 0.6) is 0 Å². The van der Waals surface area contributed by atoms with Gasteiger partial charge < -0.3 is 15.2 Å². The topological polar surface area (TPSA) is 75.6 Å². The molecule has 0 unspecified atom stereocenters. The number of hydrogen-bond donors (Lipinski definition) is 2. The fraction of sp³-hybridized carbons (Fsp3) is 0.385. The lowest BCUT2D eigenvalue weighted by atomic mass is 10.1. The van der Waals surface area contributed by atoms with Crippen molar-refractivity contribution in [1.29, 1.82) is 0 Å². The van der Waals surface area contributed by atoms with Crippen LogP contribution >= 0.6 is 0 Å². The summed E-state index contributed by atoms with van der Waals surface area (Å²) < 4.78 is 31.3. The molecule has 2 N–H and O–H groups in total. The van der Waals surface area contributed by atoms with Crippen LogP contribution in [0, 0.1) is 11.6 Å². The Balaban J connectivity index is 2.81. The molecule has 0 spiro atoms. The van der Waals surface area contributed by atoms with E-state index in [1.165, 1.54) is 0 Å². The van der Waals surface area contributed by atoms with Gasteiger partial charge in [0.15, 0.2) is 11.6 Å². The summed E-state index contributed by atoms with van der Waals surface area (Å²) in [4.78, 5) is 22.7. The van der Waals surface area contributed by atoms with Crippen molar-refractivity contribution in [3.63, 3.8) is 0 Å². The molecule has 0 aliphatic carbocycles. The van der Waals surface area contributed by atoms with Crippen molar-refractivity contribution in [2.75, 3.05) is 13.2 Å². The van der Waals surface area contributed by atoms with Crippen LogP contribution in [-0.2, 0) is 4.74 Å². The third kappa shape index (κ3) is 4.27. The molecule has 5 nitrogen and oxygen atoms in total. The van der Waals surface area contributed by atoms with Gasteiger partial charge in [-0.25, -0.2) is 13.6 Å². The van der Waals surface area contributed by atoms with Gasteiger partial charge >= 0.3 is 5.97 Å². The number of rotatable bonds is 6. The summed E-state index contributed by atoms with van der Waals surface area (Å²) in [6.07, 6.45) is -0.00949. The quantitative estimate of drug-likeness (QED) is 0.782. The van der Waals surface area contributed by atoms with Crippen LogP contribution in [0.4, 0.5) is 8.78 Å². The smallest absolute Gasteiger partial charge is 0.336 e. The maximum absolute atomic E-state index is 13.1. The molecule has 1 aromatic carbocycles. The van der Waals surface area contributed by atoms with E-state index in [9.17, 15) is 18.4 Å². The number of nitrogens with one attached hydrogen (secondary N) is 1. The summed E-state index contributed by atoms with van der Waals surface area (Å²) in [5, 5.41) is 11.3. The number of amides is 1. The highest BCUT2D eigenvalue weighted by Crippen LogP contribution is 2.15. The Kier molecular flexibility index (Phi) is 5.57. The molecule has 1 rings (SSSR count). The van der Waals surface area contributed by atoms with Crippen molar-refractivity contribution in [2.45, 2.75) is 20.0 Å². The molecule has 0 bridgehead atoms. The maximum atomic E-state index is 13.1. The van der Waals surface area contributed by atoms with Gasteiger partial charge in [-0.3, -0.25) is 4.79 Å². The highest BCUT2D eigenvalue weighted by molar-refractivity contribution is 6.04. The molecule has 110 valence electrons. The average Bonchev–Trinajstić information content (AvgIpc) is 2.36. The minimum Gasteiger partial charge on any atom is -0.478 e. The van der Waals surface area contributed by atoms with Crippen LogP contribution in [0.2, 0.25) is 0 Å². The van der Waals surface area contributed by atoms with Gasteiger partial charge in [0.25, 0.3) is 5.91 Å². The molecule has 0 radical (unpaired) electrons. The van der Waals surface area contributed by atoms with Crippen molar-refractivity contribution in [1.82, 2.24) is 5.32 Å². The predicted molar refractivity (Wildman–Crippen MR) is 66.7 cm³/mol. The van der Waals surface area contributed by atoms with Crippen molar-refractivity contribution in [3.8, 4) is 0 Å². The minimum atomic E-state index is -1.51. The summed E-state index contributed by atoms with van der Waals surface area (Å²) in [6, 6.07) is 1.05. The zero-order valence-corrected chi connectivity index (χ0v) is 11.1. The molecule has 20 heavy (non-hydrogen) atoms. The number of benzene rings is 1. The van der Waals surface area contributed by atoms with Crippen LogP contribution in [0.25, 0.3) is 0 Å². The number of aromatic carboxylic acids is 1. The molecular formula is C13H15F2NO4. The first-order valence-corrected chi connectivity index (χ1v) is 5.95. The molecule has 1 aromatic rings. The standard InChI is InChI=1S/C13H15F2NO4/c1-7(2)20-4-3-16-12(17)8-5-10(14)11(15)6-9(8)13(18)19/h5-7H,3-4H2,1-2H3,(H,16,17)(H,18,19). The minimum absolute atomic E-state index is 0.00949. The number of ether oxygens (including phenoxy) is 1. The number of carbonyl (C=O) groups excluding carboxylic acids is 1. The second-order valence-corrected chi connectivity index (χ2v) is 4.29. The highest BCUT2D eigenvalue weighted by atomic mass is 19.2. The van der Waals surface area contributed by atoms with Crippen molar-refractivity contribution >= 4 is 11.9 Å². The number of carbonyl (C=O) groups is 2. The van der Waals surface area contributed by atoms with Crippen LogP contribution in [0.3, 0.4) is 0 Å². The predicted octanol–water partition coefficient (Wildman–Crippen LogP) is 1.82. The number of hydrogen-bond acceptors (Lipinski definition) is 3. The van der Waals surface area contributed by atoms with E-state index in [2.05, 4.69) is 5.32 Å². The fourth-order valence-electron chi connectivity index (χ4n) is 1.47. The molecule has 0 heterocycles. The monoisotopic (exact) mass is 287 g/mol. The molecule has 0 aliphatic rings. The van der Waals surface area contributed by atoms with E-state index in [1.54, 1.807) is 0 Å². The number of carboxylic acid groups (broad SMARTS) is 1. The molecule has 0 aromatic heterocycles. The first-order valence-electron chi connectivity index (χ1n) is 5.95. The Hall–Kier alpha value is -2.02. The van der Waals surface area contributed by atoms with Crippen LogP contribution in [-0.4, -0.2) is 36.2 Å². The lowest BCUT2D eigenvalue weighted by Crippen LogP contribution is -2.29. The highest BCUT2D eigenvalue weighted by Gasteiger charge is 2.20. The number of halogens is 2. The van der Waals surface area contributed by atoms with Crippen LogP contribution in [0.15, 0.2) is 12.1 Å². The second-order valence-electron chi connectivity index (χ2n) is 4.29. The third-order valence-electron chi connectivity index (χ3n) is 2.37. The van der Waals surface area contributed by atoms with Gasteiger partial charge in [-0.1, -0.05) is 0 Å². The van der Waals surface area contributed by atoms with Gasteiger partial charge in [0, 0.05) is 6.54 Å². The van der Waals surface area contributed by atoms with Gasteiger partial charge in [-0.2, -0.15) is 0 Å². The van der Waals surface area contributed by atoms with Crippen LogP contribution < -0.4 is 5.32 Å². The Bertz CT molecular complexity index is 517. The van der Waals surface area contributed by atoms with E-state index >= 15 is 0 Å². The molecule has 0 aliphatic heterocycles. The second kappa shape index (κ2) is 6.95. The zero-order valence-electron chi connectivity index (χ0n) is 11.1. The first-order chi connectivity index (χ1) is 9.32. The zero-order chi connectivity index (χ0) is 15.3. The third-order valence-corrected chi connectivity index (χ3v) is 2.37. The summed E-state index contributed by atoms with van der Waals surface area (Å²) in [5.41, 5.74) is -1.02. The number of carboxylic acids is 1. The normalized spacial score (nSPS) is 10.7. The lowest BCUT2D eigenvalue weighted by molar-refractivity contribution is 0.0686. The Morgan fingerprint density at radius 1 is 1.25 bits per heavy atom. The molecule has 0 atom stereocenters. The van der Waals surface area contributed by atoms with E-state index in [1.807, 2.05) is 13.8 Å². The summed E-state index contributed by atoms with van der Waals surface area (Å²) in [7, 11) is 0. The molecule has 1 amide bonds. The molecule has 0 saturated carbocycles. The molecular weight excluding hydrogens is 272 g/mol. The van der Waals surface area contributed by atoms with Crippen molar-refractivity contribution in [2.24, 2.45) is 0 Å². The summed E-state index contributed by atoms with van der Waals surface area (Å²) in [5.74, 6) is -4.90. The van der Waals surface area contributed by atoms with E-state index < -0.39 is 34.6 Å². The van der Waals surface area contributed by atoms with Gasteiger partial charge in [-0.05, 0) is 26.0 Å². The summed E-state index contributed by atoms with van der Waals surface area (Å²) >= 11 is 0. The summed E-state index contributed by atoms with van der Waals surface area (Å²) in [6.45, 7) is 4.00. The van der Waals surface area contributed by atoms with Gasteiger partial charge in [0.2, 0.25) is 0 Å². The largest absolute Gasteiger partial charge is 0.478 e. The van der Waals surface area contributed by atoms with Crippen molar-refractivity contribution < 1.29 is 28.2 Å². The van der Waals surface area contributed by atoms with E-state index in [0.29, 0.717) is 12.1 Å². The van der Waals surface area contributed by atoms with E-state index in [-0.39, 0.29) is 19.3 Å². The lowest BCUT2D eigenvalue weighted by Gasteiger charge is -2.10. The Morgan fingerprint density at radius 2 is 1.80 bits per heavy atom. The van der Waals surface area contributed by atoms with Gasteiger partial charge in [-0.15, -0.1) is 0 Å². The van der Waals surface area contributed by atoms with E-state index in [4.69, 9.17) is 9.84 Å². The van der Waals surface area contributed by atoms with Crippen molar-refractivity contribution in [3.05, 3.63) is 34.9 Å². The van der Waals surface area contributed by atoms with Gasteiger partial charge in [0.05, 0.1) is 23.8 Å². The molecule has 0 fully saturated rings. The van der Waals surface area contributed by atoms with Gasteiger partial charge in [0.1, 0.15) is 0 Å². The molecule has 0 saturated heterocycles. The average molecular weight is 287 g/mol. The Labute approximate surface area is 114 Å².